The van der Waals surface area contributed by atoms with Crippen LogP contribution in [0.15, 0.2) is 59.6 Å². The van der Waals surface area contributed by atoms with Gasteiger partial charge in [0.1, 0.15) is 0 Å². The topological polar surface area (TPSA) is 139 Å². The molecule has 0 bridgehead atoms. The number of thiazole rings is 1. The average Bonchev–Trinajstić information content (AvgIpc) is 3.42. The highest BCUT2D eigenvalue weighted by atomic mass is 32.2. The largest absolute Gasteiger partial charge is 0.447 e. The molecular weight excluding hydrogens is 599 g/mol. The number of benzene rings is 2. The summed E-state index contributed by atoms with van der Waals surface area (Å²) in [6.45, 7) is 10.9. The number of urea groups is 1. The Morgan fingerprint density at radius 1 is 1.00 bits per heavy atom. The van der Waals surface area contributed by atoms with Gasteiger partial charge in [0.05, 0.1) is 26.9 Å². The van der Waals surface area contributed by atoms with Gasteiger partial charge in [0.2, 0.25) is 10.0 Å². The summed E-state index contributed by atoms with van der Waals surface area (Å²) < 4.78 is 35.2. The minimum absolute atomic E-state index is 0.0603. The van der Waals surface area contributed by atoms with Gasteiger partial charge in [-0.25, -0.2) is 27.7 Å². The molecule has 10 nitrogen and oxygen atoms in total. The first kappa shape index (κ1) is 33.4. The monoisotopic (exact) mass is 641 g/mol. The molecule has 4 N–H and O–H groups in total. The second kappa shape index (κ2) is 14.1. The van der Waals surface area contributed by atoms with E-state index in [4.69, 9.17) is 4.74 Å². The molecule has 1 saturated carbocycles. The van der Waals surface area contributed by atoms with Gasteiger partial charge in [-0.3, -0.25) is 0 Å². The van der Waals surface area contributed by atoms with E-state index in [0.29, 0.717) is 11.3 Å². The molecule has 12 heteroatoms. The van der Waals surface area contributed by atoms with Crippen molar-refractivity contribution in [2.24, 2.45) is 0 Å². The fourth-order valence-electron chi connectivity index (χ4n) is 5.17. The van der Waals surface area contributed by atoms with E-state index < -0.39 is 27.7 Å². The Bertz CT molecular complexity index is 1540. The Hall–Kier alpha value is -3.48. The van der Waals surface area contributed by atoms with Gasteiger partial charge in [0, 0.05) is 34.9 Å². The molecule has 3 amide bonds. The smallest absolute Gasteiger partial charge is 0.407 e. The molecular formula is C32H43N5O5S2. The van der Waals surface area contributed by atoms with Crippen LogP contribution in [0.4, 0.5) is 15.3 Å². The molecule has 4 rings (SSSR count). The van der Waals surface area contributed by atoms with Gasteiger partial charge in [0.25, 0.3) is 0 Å². The molecule has 3 aromatic rings. The predicted octanol–water partition coefficient (Wildman–Crippen LogP) is 6.93. The summed E-state index contributed by atoms with van der Waals surface area (Å²) in [6.07, 6.45) is 4.50. The number of ether oxygens (including phenoxy) is 1. The van der Waals surface area contributed by atoms with Crippen molar-refractivity contribution in [3.63, 3.8) is 0 Å². The Morgan fingerprint density at radius 2 is 1.68 bits per heavy atom. The van der Waals surface area contributed by atoms with E-state index in [9.17, 15) is 18.0 Å². The van der Waals surface area contributed by atoms with E-state index in [2.05, 4.69) is 25.7 Å². The van der Waals surface area contributed by atoms with Crippen molar-refractivity contribution in [3.8, 4) is 10.4 Å². The molecule has 1 aromatic heterocycles. The van der Waals surface area contributed by atoms with Crippen LogP contribution in [0.25, 0.3) is 10.4 Å². The van der Waals surface area contributed by atoms with E-state index in [-0.39, 0.29) is 29.0 Å². The van der Waals surface area contributed by atoms with Gasteiger partial charge in [0.15, 0.2) is 0 Å². The highest BCUT2D eigenvalue weighted by Gasteiger charge is 2.29. The Kier molecular flexibility index (Phi) is 10.7. The van der Waals surface area contributed by atoms with Crippen LogP contribution in [-0.4, -0.2) is 43.2 Å². The minimum Gasteiger partial charge on any atom is -0.447 e. The standard InChI is InChI=1S/C32H43N5O5S2/c1-20(2)42-31(39)36-24-14-12-23(13-15-24)29-33-19-27(43-29)26-17-16-25(18-28(26)44(40,41)37-32(4,5)6)35-30(38)34-21(3)22-10-8-7-9-11-22/h7-11,16-21,23-24,37H,12-15H2,1-6H3,(H,36,39)(H2,34,35,38)/t21-,23?,24?/m0/s1. The highest BCUT2D eigenvalue weighted by Crippen LogP contribution is 2.40. The zero-order valence-corrected chi connectivity index (χ0v) is 27.8. The highest BCUT2D eigenvalue weighted by molar-refractivity contribution is 7.89. The number of hydrogen-bond acceptors (Lipinski definition) is 7. The van der Waals surface area contributed by atoms with Crippen LogP contribution in [0.5, 0.6) is 0 Å². The summed E-state index contributed by atoms with van der Waals surface area (Å²) in [4.78, 5) is 30.3. The molecule has 0 spiro atoms. The van der Waals surface area contributed by atoms with Gasteiger partial charge in [-0.2, -0.15) is 0 Å². The first-order valence-corrected chi connectivity index (χ1v) is 17.2. The number of carbonyl (C=O) groups excluding carboxylic acids is 2. The lowest BCUT2D eigenvalue weighted by molar-refractivity contribution is 0.109. The number of nitrogens with one attached hydrogen (secondary N) is 4. The van der Waals surface area contributed by atoms with Crippen molar-refractivity contribution in [1.29, 1.82) is 0 Å². The van der Waals surface area contributed by atoms with Crippen LogP contribution in [0.1, 0.15) is 89.8 Å². The first-order chi connectivity index (χ1) is 20.7. The summed E-state index contributed by atoms with van der Waals surface area (Å²) in [5.74, 6) is 0.219. The Morgan fingerprint density at radius 3 is 2.32 bits per heavy atom. The van der Waals surface area contributed by atoms with Gasteiger partial charge in [-0.05, 0) is 84.9 Å². The molecule has 2 aromatic carbocycles. The van der Waals surface area contributed by atoms with Crippen LogP contribution < -0.4 is 20.7 Å². The molecule has 238 valence electrons. The van der Waals surface area contributed by atoms with Crippen molar-refractivity contribution in [3.05, 3.63) is 65.3 Å². The molecule has 0 saturated heterocycles. The number of sulfonamides is 1. The van der Waals surface area contributed by atoms with Crippen LogP contribution in [0, 0.1) is 0 Å². The van der Waals surface area contributed by atoms with Crippen molar-refractivity contribution < 1.29 is 22.7 Å². The fraction of sp³-hybridized carbons (Fsp3) is 0.469. The quantitative estimate of drug-likeness (QED) is 0.200. The normalized spacial score (nSPS) is 18.0. The molecule has 0 radical (unpaired) electrons. The van der Waals surface area contributed by atoms with E-state index in [0.717, 1.165) is 41.1 Å². The molecule has 44 heavy (non-hydrogen) atoms. The van der Waals surface area contributed by atoms with Gasteiger partial charge in [-0.1, -0.05) is 36.4 Å². The lowest BCUT2D eigenvalue weighted by atomic mass is 9.86. The number of anilines is 1. The minimum atomic E-state index is -3.96. The molecule has 1 aliphatic rings. The maximum Gasteiger partial charge on any atom is 0.407 e. The van der Waals surface area contributed by atoms with Crippen molar-refractivity contribution >= 4 is 39.2 Å². The van der Waals surface area contributed by atoms with Crippen LogP contribution in [-0.2, 0) is 14.8 Å². The Balaban J connectivity index is 1.52. The molecule has 1 heterocycles. The zero-order valence-electron chi connectivity index (χ0n) is 26.1. The number of alkyl carbamates (subject to hydrolysis) is 1. The van der Waals surface area contributed by atoms with Crippen molar-refractivity contribution in [2.45, 2.75) is 102 Å². The SMILES string of the molecule is CC(C)OC(=O)NC1CCC(c2ncc(-c3ccc(NC(=O)N[C@@H](C)c4ccccc4)cc3S(=O)(=O)NC(C)(C)C)s2)CC1. The zero-order chi connectivity index (χ0) is 32.1. The number of hydrogen-bond donors (Lipinski definition) is 4. The maximum absolute atomic E-state index is 13.6. The summed E-state index contributed by atoms with van der Waals surface area (Å²) in [5.41, 5.74) is 1.11. The third-order valence-electron chi connectivity index (χ3n) is 7.15. The lowest BCUT2D eigenvalue weighted by Gasteiger charge is -2.28. The van der Waals surface area contributed by atoms with E-state index in [1.165, 1.54) is 17.4 Å². The number of rotatable bonds is 9. The third-order valence-corrected chi connectivity index (χ3v) is 10.1. The second-order valence-corrected chi connectivity index (χ2v) is 15.2. The number of amides is 3. The molecule has 0 unspecified atom stereocenters. The molecule has 1 aliphatic carbocycles. The fourth-order valence-corrected chi connectivity index (χ4v) is 8.03. The van der Waals surface area contributed by atoms with Gasteiger partial charge >= 0.3 is 12.1 Å². The Labute approximate surface area is 264 Å². The van der Waals surface area contributed by atoms with Crippen molar-refractivity contribution in [1.82, 2.24) is 20.3 Å². The third kappa shape index (κ3) is 9.26. The molecule has 1 atom stereocenters. The summed E-state index contributed by atoms with van der Waals surface area (Å²) >= 11 is 1.48. The number of carbonyl (C=O) groups is 2. The molecule has 0 aliphatic heterocycles. The van der Waals surface area contributed by atoms with Crippen molar-refractivity contribution in [2.75, 3.05) is 5.32 Å². The number of aromatic nitrogens is 1. The maximum atomic E-state index is 13.6. The lowest BCUT2D eigenvalue weighted by Crippen LogP contribution is -2.40. The first-order valence-electron chi connectivity index (χ1n) is 14.9. The summed E-state index contributed by atoms with van der Waals surface area (Å²) in [7, 11) is -3.96. The van der Waals surface area contributed by atoms with Gasteiger partial charge < -0.3 is 20.7 Å². The van der Waals surface area contributed by atoms with Crippen LogP contribution in [0.2, 0.25) is 0 Å². The van der Waals surface area contributed by atoms with E-state index >= 15 is 0 Å². The average molecular weight is 642 g/mol. The predicted molar refractivity (Wildman–Crippen MR) is 174 cm³/mol. The number of nitrogens with zero attached hydrogens (tertiary/aromatic N) is 1. The summed E-state index contributed by atoms with van der Waals surface area (Å²) in [6, 6.07) is 13.9. The van der Waals surface area contributed by atoms with Gasteiger partial charge in [-0.15, -0.1) is 11.3 Å². The van der Waals surface area contributed by atoms with Crippen LogP contribution in [0.3, 0.4) is 0 Å². The van der Waals surface area contributed by atoms with Crippen LogP contribution >= 0.6 is 11.3 Å². The molecule has 1 fully saturated rings. The second-order valence-electron chi connectivity index (χ2n) is 12.5. The van der Waals surface area contributed by atoms with E-state index in [1.54, 1.807) is 39.1 Å². The van der Waals surface area contributed by atoms with E-state index in [1.807, 2.05) is 51.1 Å². The summed E-state index contributed by atoms with van der Waals surface area (Å²) in [5, 5.41) is 9.57.